The normalized spacial score (nSPS) is 16.0. The van der Waals surface area contributed by atoms with Crippen LogP contribution < -0.4 is 10.6 Å². The summed E-state index contributed by atoms with van der Waals surface area (Å²) in [5.41, 5.74) is 8.23. The Hall–Kier alpha value is -2.37. The zero-order valence-electron chi connectivity index (χ0n) is 14.5. The number of carbonyl (C=O) groups is 2. The van der Waals surface area contributed by atoms with Crippen molar-refractivity contribution in [2.75, 3.05) is 11.4 Å². The summed E-state index contributed by atoms with van der Waals surface area (Å²) in [7, 11) is 0. The Morgan fingerprint density at radius 2 is 2.08 bits per heavy atom. The monoisotopic (exact) mass is 328 g/mol. The fourth-order valence-corrected chi connectivity index (χ4v) is 3.38. The third-order valence-electron chi connectivity index (χ3n) is 4.72. The van der Waals surface area contributed by atoms with Gasteiger partial charge in [-0.25, -0.2) is 4.98 Å². The lowest BCUT2D eigenvalue weighted by Gasteiger charge is -2.20. The number of aromatic amines is 1. The summed E-state index contributed by atoms with van der Waals surface area (Å²) in [6, 6.07) is 3.93. The maximum absolute atomic E-state index is 12.8. The second-order valence-corrected chi connectivity index (χ2v) is 7.00. The zero-order chi connectivity index (χ0) is 17.5. The van der Waals surface area contributed by atoms with Crippen molar-refractivity contribution in [1.29, 1.82) is 0 Å². The molecule has 2 aromatic rings. The number of nitrogens with one attached hydrogen (secondary N) is 1. The maximum atomic E-state index is 12.8. The van der Waals surface area contributed by atoms with E-state index in [0.29, 0.717) is 5.82 Å². The van der Waals surface area contributed by atoms with Gasteiger partial charge in [-0.2, -0.15) is 0 Å². The second-order valence-electron chi connectivity index (χ2n) is 7.00. The van der Waals surface area contributed by atoms with Gasteiger partial charge in [-0.05, 0) is 38.0 Å². The molecular weight excluding hydrogens is 304 g/mol. The molecule has 6 nitrogen and oxygen atoms in total. The van der Waals surface area contributed by atoms with E-state index in [9.17, 15) is 9.59 Å². The minimum atomic E-state index is -0.551. The minimum absolute atomic E-state index is 0.0852. The molecule has 0 aliphatic carbocycles. The van der Waals surface area contributed by atoms with Crippen LogP contribution in [0.5, 0.6) is 0 Å². The van der Waals surface area contributed by atoms with Crippen LogP contribution in [-0.4, -0.2) is 28.3 Å². The lowest BCUT2D eigenvalue weighted by Crippen LogP contribution is -2.36. The number of rotatable bonds is 6. The van der Waals surface area contributed by atoms with Crippen LogP contribution in [0.3, 0.4) is 0 Å². The fraction of sp³-hybridized carbons (Fsp3) is 0.500. The first-order valence-electron chi connectivity index (χ1n) is 8.48. The molecule has 0 unspecified atom stereocenters. The molecule has 6 heteroatoms. The number of amides is 2. The molecule has 0 spiro atoms. The SMILES string of the molecule is CCCCCN1C(=O)C(C)(C)c2cc3[nH]c(CC(N)=O)nc3cc21. The van der Waals surface area contributed by atoms with E-state index >= 15 is 0 Å². The highest BCUT2D eigenvalue weighted by Crippen LogP contribution is 2.43. The third-order valence-corrected chi connectivity index (χ3v) is 4.72. The maximum Gasteiger partial charge on any atom is 0.237 e. The molecule has 0 fully saturated rings. The van der Waals surface area contributed by atoms with Gasteiger partial charge in [0.1, 0.15) is 5.82 Å². The number of benzene rings is 1. The van der Waals surface area contributed by atoms with Crippen molar-refractivity contribution >= 4 is 28.5 Å². The molecule has 2 amide bonds. The molecule has 1 aliphatic heterocycles. The van der Waals surface area contributed by atoms with E-state index in [1.165, 1.54) is 0 Å². The molecule has 0 saturated heterocycles. The third kappa shape index (κ3) is 2.66. The van der Waals surface area contributed by atoms with E-state index in [1.807, 2.05) is 30.9 Å². The molecule has 1 aliphatic rings. The summed E-state index contributed by atoms with van der Waals surface area (Å²) in [6.07, 6.45) is 3.30. The predicted molar refractivity (Wildman–Crippen MR) is 93.9 cm³/mol. The summed E-state index contributed by atoms with van der Waals surface area (Å²) in [4.78, 5) is 33.4. The van der Waals surface area contributed by atoms with Gasteiger partial charge in [0, 0.05) is 6.54 Å². The summed E-state index contributed by atoms with van der Waals surface area (Å²) >= 11 is 0. The van der Waals surface area contributed by atoms with Crippen molar-refractivity contribution in [3.05, 3.63) is 23.5 Å². The number of imidazole rings is 1. The van der Waals surface area contributed by atoms with E-state index in [2.05, 4.69) is 16.9 Å². The molecule has 0 saturated carbocycles. The molecule has 128 valence electrons. The van der Waals surface area contributed by atoms with E-state index in [4.69, 9.17) is 5.73 Å². The molecular formula is C18H24N4O2. The number of nitrogens with zero attached hydrogens (tertiary/aromatic N) is 2. The van der Waals surface area contributed by atoms with Crippen LogP contribution >= 0.6 is 0 Å². The van der Waals surface area contributed by atoms with Gasteiger partial charge in [0.25, 0.3) is 0 Å². The van der Waals surface area contributed by atoms with Crippen molar-refractivity contribution in [3.8, 4) is 0 Å². The van der Waals surface area contributed by atoms with Gasteiger partial charge in [-0.3, -0.25) is 9.59 Å². The number of primary amides is 1. The summed E-state index contributed by atoms with van der Waals surface area (Å²) in [5.74, 6) is 0.278. The molecule has 2 heterocycles. The van der Waals surface area contributed by atoms with Crippen molar-refractivity contribution in [2.24, 2.45) is 5.73 Å². The van der Waals surface area contributed by atoms with Gasteiger partial charge in [0.05, 0.1) is 28.6 Å². The number of H-pyrrole nitrogens is 1. The van der Waals surface area contributed by atoms with E-state index in [-0.39, 0.29) is 12.3 Å². The Labute approximate surface area is 141 Å². The highest BCUT2D eigenvalue weighted by Gasteiger charge is 2.43. The van der Waals surface area contributed by atoms with Crippen molar-refractivity contribution in [2.45, 2.75) is 51.9 Å². The zero-order valence-corrected chi connectivity index (χ0v) is 14.5. The quantitative estimate of drug-likeness (QED) is 0.798. The second kappa shape index (κ2) is 5.92. The number of aromatic nitrogens is 2. The van der Waals surface area contributed by atoms with Crippen molar-refractivity contribution in [1.82, 2.24) is 9.97 Å². The Morgan fingerprint density at radius 3 is 2.75 bits per heavy atom. The Bertz CT molecular complexity index is 807. The molecule has 24 heavy (non-hydrogen) atoms. The van der Waals surface area contributed by atoms with Gasteiger partial charge in [0.15, 0.2) is 0 Å². The van der Waals surface area contributed by atoms with Crippen molar-refractivity contribution < 1.29 is 9.59 Å². The molecule has 3 N–H and O–H groups in total. The van der Waals surface area contributed by atoms with Crippen LogP contribution in [0.1, 0.15) is 51.4 Å². The molecule has 1 aromatic carbocycles. The van der Waals surface area contributed by atoms with Gasteiger partial charge < -0.3 is 15.6 Å². The number of anilines is 1. The first-order chi connectivity index (χ1) is 11.3. The highest BCUT2D eigenvalue weighted by atomic mass is 16.2. The highest BCUT2D eigenvalue weighted by molar-refractivity contribution is 6.09. The number of unbranched alkanes of at least 4 members (excludes halogenated alkanes) is 2. The van der Waals surface area contributed by atoms with Crippen molar-refractivity contribution in [3.63, 3.8) is 0 Å². The largest absolute Gasteiger partial charge is 0.369 e. The lowest BCUT2D eigenvalue weighted by molar-refractivity contribution is -0.122. The van der Waals surface area contributed by atoms with Crippen LogP contribution in [0.15, 0.2) is 12.1 Å². The van der Waals surface area contributed by atoms with Gasteiger partial charge >= 0.3 is 0 Å². The topological polar surface area (TPSA) is 92.1 Å². The molecule has 3 rings (SSSR count). The molecule has 0 radical (unpaired) electrons. The number of hydrogen-bond donors (Lipinski definition) is 2. The predicted octanol–water partition coefficient (Wildman–Crippen LogP) is 2.41. The van der Waals surface area contributed by atoms with Crippen LogP contribution in [0.25, 0.3) is 11.0 Å². The van der Waals surface area contributed by atoms with Gasteiger partial charge in [-0.1, -0.05) is 19.8 Å². The summed E-state index contributed by atoms with van der Waals surface area (Å²) in [6.45, 7) is 6.80. The standard InChI is InChI=1S/C18H24N4O2/c1-4-5-6-7-22-14-9-13-12(20-16(21-13)10-15(19)23)8-11(14)18(2,3)17(22)24/h8-9H,4-7,10H2,1-3H3,(H2,19,23)(H,20,21). The minimum Gasteiger partial charge on any atom is -0.369 e. The Morgan fingerprint density at radius 1 is 1.33 bits per heavy atom. The average molecular weight is 328 g/mol. The summed E-state index contributed by atoms with van der Waals surface area (Å²) < 4.78 is 0. The number of carbonyl (C=O) groups excluding carboxylic acids is 2. The lowest BCUT2D eigenvalue weighted by atomic mass is 9.86. The first kappa shape index (κ1) is 16.5. The fourth-order valence-electron chi connectivity index (χ4n) is 3.38. The van der Waals surface area contributed by atoms with E-state index < -0.39 is 11.3 Å². The number of fused-ring (bicyclic) bond motifs is 2. The van der Waals surface area contributed by atoms with E-state index in [1.54, 1.807) is 0 Å². The van der Waals surface area contributed by atoms with Crippen LogP contribution in [0.4, 0.5) is 5.69 Å². The summed E-state index contributed by atoms with van der Waals surface area (Å²) in [5, 5.41) is 0. The Balaban J connectivity index is 2.03. The Kier molecular flexibility index (Phi) is 4.07. The molecule has 1 aromatic heterocycles. The van der Waals surface area contributed by atoms with Crippen LogP contribution in [-0.2, 0) is 21.4 Å². The number of hydrogen-bond acceptors (Lipinski definition) is 3. The van der Waals surface area contributed by atoms with Gasteiger partial charge in [-0.15, -0.1) is 0 Å². The van der Waals surface area contributed by atoms with Crippen LogP contribution in [0, 0.1) is 0 Å². The smallest absolute Gasteiger partial charge is 0.237 e. The molecule has 0 atom stereocenters. The number of nitrogens with two attached hydrogens (primary N) is 1. The van der Waals surface area contributed by atoms with E-state index in [0.717, 1.165) is 48.1 Å². The van der Waals surface area contributed by atoms with Gasteiger partial charge in [0.2, 0.25) is 11.8 Å². The van der Waals surface area contributed by atoms with Crippen LogP contribution in [0.2, 0.25) is 0 Å². The molecule has 0 bridgehead atoms. The first-order valence-corrected chi connectivity index (χ1v) is 8.48. The average Bonchev–Trinajstić information content (AvgIpc) is 2.96.